The predicted molar refractivity (Wildman–Crippen MR) is 131 cm³/mol. The Labute approximate surface area is 195 Å². The van der Waals surface area contributed by atoms with Crippen LogP contribution in [0.3, 0.4) is 0 Å². The van der Waals surface area contributed by atoms with E-state index in [0.29, 0.717) is 17.4 Å². The lowest BCUT2D eigenvalue weighted by Crippen LogP contribution is -2.35. The highest BCUT2D eigenvalue weighted by molar-refractivity contribution is 5.94. The molecule has 33 heavy (non-hydrogen) atoms. The summed E-state index contributed by atoms with van der Waals surface area (Å²) < 4.78 is 17.3. The number of carboxylic acid groups (broad SMARTS) is 1. The number of nitrogens with one attached hydrogen (secondary N) is 1. The van der Waals surface area contributed by atoms with Crippen molar-refractivity contribution in [2.24, 2.45) is 10.8 Å². The van der Waals surface area contributed by atoms with Gasteiger partial charge >= 0.3 is 5.97 Å². The van der Waals surface area contributed by atoms with Gasteiger partial charge in [-0.1, -0.05) is 53.7 Å². The molecule has 2 N–H and O–H groups in total. The van der Waals surface area contributed by atoms with E-state index < -0.39 is 11.8 Å². The van der Waals surface area contributed by atoms with Crippen LogP contribution in [-0.2, 0) is 0 Å². The van der Waals surface area contributed by atoms with Gasteiger partial charge in [0.05, 0.1) is 11.1 Å². The van der Waals surface area contributed by atoms with Crippen LogP contribution in [0.2, 0.25) is 0 Å². The Morgan fingerprint density at radius 1 is 1.09 bits per heavy atom. The van der Waals surface area contributed by atoms with Gasteiger partial charge in [0.25, 0.3) is 0 Å². The molecule has 176 valence electrons. The summed E-state index contributed by atoms with van der Waals surface area (Å²) in [7, 11) is 0. The smallest absolute Gasteiger partial charge is 0.338 e. The van der Waals surface area contributed by atoms with Gasteiger partial charge in [-0.15, -0.1) is 0 Å². The summed E-state index contributed by atoms with van der Waals surface area (Å²) in [6.07, 6.45) is 2.98. The van der Waals surface area contributed by atoms with Crippen LogP contribution in [0.4, 0.5) is 16.0 Å². The number of hydrogen-bond donors (Lipinski definition) is 2. The summed E-state index contributed by atoms with van der Waals surface area (Å²) in [5, 5.41) is 12.8. The molecule has 1 aromatic heterocycles. The van der Waals surface area contributed by atoms with Crippen molar-refractivity contribution in [1.82, 2.24) is 9.55 Å². The van der Waals surface area contributed by atoms with Crippen LogP contribution in [0.5, 0.6) is 0 Å². The van der Waals surface area contributed by atoms with Crippen molar-refractivity contribution in [3.05, 3.63) is 53.3 Å². The molecule has 0 saturated heterocycles. The maximum atomic E-state index is 15.2. The minimum Gasteiger partial charge on any atom is -0.478 e. The topological polar surface area (TPSA) is 67.2 Å². The molecule has 0 spiro atoms. The zero-order valence-corrected chi connectivity index (χ0v) is 20.4. The van der Waals surface area contributed by atoms with Crippen LogP contribution in [0.15, 0.2) is 36.4 Å². The molecule has 6 heteroatoms. The van der Waals surface area contributed by atoms with E-state index in [9.17, 15) is 9.90 Å². The fraction of sp³-hybridized carbons (Fsp3) is 0.481. The van der Waals surface area contributed by atoms with Gasteiger partial charge in [-0.05, 0) is 65.8 Å². The summed E-state index contributed by atoms with van der Waals surface area (Å²) in [6, 6.07) is 11.3. The Bertz CT molecular complexity index is 1180. The number of carboxylic acids is 1. The standard InChI is InChI=1S/C27H34FN3O2/c1-16(2)17-7-9-18(10-8-17)29-25-30-23-21(12-11-20(22(23)28)24(32)33)31(25)19-13-26(3,4)15-27(5,6)14-19/h7-12,16,19H,13-15H2,1-6H3,(H,29,30)(H,32,33). The Morgan fingerprint density at radius 3 is 2.24 bits per heavy atom. The van der Waals surface area contributed by atoms with E-state index in [0.717, 1.165) is 24.9 Å². The third-order valence-electron chi connectivity index (χ3n) is 6.76. The number of nitrogens with zero attached hydrogens (tertiary/aromatic N) is 2. The summed E-state index contributed by atoms with van der Waals surface area (Å²) in [5.41, 5.74) is 2.71. The maximum absolute atomic E-state index is 15.2. The molecule has 1 fully saturated rings. The molecule has 1 heterocycles. The molecule has 4 rings (SSSR count). The van der Waals surface area contributed by atoms with Gasteiger partial charge in [-0.3, -0.25) is 0 Å². The highest BCUT2D eigenvalue weighted by Gasteiger charge is 2.40. The molecule has 5 nitrogen and oxygen atoms in total. The van der Waals surface area contributed by atoms with Crippen LogP contribution in [0.1, 0.15) is 88.7 Å². The van der Waals surface area contributed by atoms with Gasteiger partial charge in [0.2, 0.25) is 5.95 Å². The van der Waals surface area contributed by atoms with Gasteiger partial charge in [-0.2, -0.15) is 0 Å². The summed E-state index contributed by atoms with van der Waals surface area (Å²) in [5.74, 6) is -1.10. The second-order valence-electron chi connectivity index (χ2n) is 11.4. The Hall–Kier alpha value is -2.89. The largest absolute Gasteiger partial charge is 0.478 e. The highest BCUT2D eigenvalue weighted by atomic mass is 19.1. The molecule has 3 aromatic rings. The first-order valence-electron chi connectivity index (χ1n) is 11.7. The number of carbonyl (C=O) groups is 1. The molecule has 2 aromatic carbocycles. The van der Waals surface area contributed by atoms with E-state index in [1.807, 2.05) is 12.1 Å². The molecular weight excluding hydrogens is 417 g/mol. The predicted octanol–water partition coefficient (Wildman–Crippen LogP) is 7.52. The minimum absolute atomic E-state index is 0.0948. The van der Waals surface area contributed by atoms with Crippen molar-refractivity contribution in [2.75, 3.05) is 5.32 Å². The normalized spacial score (nSPS) is 18.1. The van der Waals surface area contributed by atoms with Crippen LogP contribution >= 0.6 is 0 Å². The van der Waals surface area contributed by atoms with Crippen molar-refractivity contribution < 1.29 is 14.3 Å². The van der Waals surface area contributed by atoms with Crippen molar-refractivity contribution in [2.45, 2.75) is 72.8 Å². The molecular formula is C27H34FN3O2. The minimum atomic E-state index is -1.29. The monoisotopic (exact) mass is 451 g/mol. The lowest BCUT2D eigenvalue weighted by molar-refractivity contribution is 0.0692. The second kappa shape index (κ2) is 8.15. The van der Waals surface area contributed by atoms with Crippen LogP contribution in [0, 0.1) is 16.6 Å². The van der Waals surface area contributed by atoms with Crippen molar-refractivity contribution in [3.63, 3.8) is 0 Å². The van der Waals surface area contributed by atoms with Crippen LogP contribution in [0.25, 0.3) is 11.0 Å². The Morgan fingerprint density at radius 2 is 1.70 bits per heavy atom. The SMILES string of the molecule is CC(C)c1ccc(Nc2nc3c(F)c(C(=O)O)ccc3n2C2CC(C)(C)CC(C)(C)C2)cc1. The van der Waals surface area contributed by atoms with E-state index in [4.69, 9.17) is 0 Å². The lowest BCUT2D eigenvalue weighted by Gasteiger charge is -2.45. The van der Waals surface area contributed by atoms with E-state index in [-0.39, 0.29) is 28.0 Å². The maximum Gasteiger partial charge on any atom is 0.338 e. The fourth-order valence-corrected chi connectivity index (χ4v) is 5.80. The molecule has 1 aliphatic carbocycles. The van der Waals surface area contributed by atoms with Crippen molar-refractivity contribution >= 4 is 28.6 Å². The average molecular weight is 452 g/mol. The van der Waals surface area contributed by atoms with E-state index >= 15 is 4.39 Å². The second-order valence-corrected chi connectivity index (χ2v) is 11.4. The molecule has 0 atom stereocenters. The molecule has 0 radical (unpaired) electrons. The molecule has 0 bridgehead atoms. The van der Waals surface area contributed by atoms with Crippen molar-refractivity contribution in [3.8, 4) is 0 Å². The Kier molecular flexibility index (Phi) is 5.75. The average Bonchev–Trinajstić information content (AvgIpc) is 3.05. The first kappa shape index (κ1) is 23.3. The highest BCUT2D eigenvalue weighted by Crippen LogP contribution is 2.51. The van der Waals surface area contributed by atoms with Gasteiger partial charge in [0, 0.05) is 11.7 Å². The summed E-state index contributed by atoms with van der Waals surface area (Å²) in [6.45, 7) is 13.4. The number of hydrogen-bond acceptors (Lipinski definition) is 3. The summed E-state index contributed by atoms with van der Waals surface area (Å²) in [4.78, 5) is 16.1. The van der Waals surface area contributed by atoms with Gasteiger partial charge in [-0.25, -0.2) is 14.2 Å². The number of imidazole rings is 1. The van der Waals surface area contributed by atoms with E-state index in [1.165, 1.54) is 11.6 Å². The molecule has 0 unspecified atom stereocenters. The number of rotatable bonds is 5. The van der Waals surface area contributed by atoms with E-state index in [1.54, 1.807) is 6.07 Å². The van der Waals surface area contributed by atoms with E-state index in [2.05, 4.69) is 68.5 Å². The number of fused-ring (bicyclic) bond motifs is 1. The number of aromatic nitrogens is 2. The number of aromatic carboxylic acids is 1. The number of halogens is 1. The third-order valence-corrected chi connectivity index (χ3v) is 6.76. The molecule has 1 saturated carbocycles. The van der Waals surface area contributed by atoms with Crippen molar-refractivity contribution in [1.29, 1.82) is 0 Å². The lowest BCUT2D eigenvalue weighted by atomic mass is 9.63. The molecule has 1 aliphatic rings. The Balaban J connectivity index is 1.85. The van der Waals surface area contributed by atoms with Gasteiger partial charge < -0.3 is 15.0 Å². The van der Waals surface area contributed by atoms with Crippen LogP contribution in [-0.4, -0.2) is 20.6 Å². The quantitative estimate of drug-likeness (QED) is 0.421. The van der Waals surface area contributed by atoms with Crippen LogP contribution < -0.4 is 5.32 Å². The van der Waals surface area contributed by atoms with Gasteiger partial charge in [0.15, 0.2) is 5.82 Å². The first-order valence-corrected chi connectivity index (χ1v) is 11.7. The zero-order chi connectivity index (χ0) is 24.1. The fourth-order valence-electron chi connectivity index (χ4n) is 5.80. The third kappa shape index (κ3) is 4.61. The molecule has 0 amide bonds. The van der Waals surface area contributed by atoms with Gasteiger partial charge in [0.1, 0.15) is 5.52 Å². The first-order chi connectivity index (χ1) is 15.4. The summed E-state index contributed by atoms with van der Waals surface area (Å²) >= 11 is 0. The molecule has 0 aliphatic heterocycles. The number of benzene rings is 2. The zero-order valence-electron chi connectivity index (χ0n) is 20.4. The number of anilines is 2.